The topological polar surface area (TPSA) is 133 Å². The van der Waals surface area contributed by atoms with E-state index in [4.69, 9.17) is 10.3 Å². The lowest BCUT2D eigenvalue weighted by Crippen LogP contribution is -2.34. The van der Waals surface area contributed by atoms with Crippen molar-refractivity contribution in [3.05, 3.63) is 38.4 Å². The molecule has 0 atom stereocenters. The molecule has 9 heteroatoms. The number of nitrogens with two attached hydrogens (primary N) is 1. The normalized spacial score (nSPS) is 16.3. The summed E-state index contributed by atoms with van der Waals surface area (Å²) < 4.78 is 6.96. The molecule has 0 bridgehead atoms. The van der Waals surface area contributed by atoms with E-state index in [1.807, 2.05) is 20.8 Å². The summed E-state index contributed by atoms with van der Waals surface area (Å²) in [6.45, 7) is 6.19. The lowest BCUT2D eigenvalue weighted by molar-refractivity contribution is 0.373. The van der Waals surface area contributed by atoms with Gasteiger partial charge in [-0.15, -0.1) is 0 Å². The number of rotatable bonds is 4. The highest BCUT2D eigenvalue weighted by molar-refractivity contribution is 5.89. The second-order valence-electron chi connectivity index (χ2n) is 7.74. The molecule has 1 saturated carbocycles. The molecule has 148 valence electrons. The number of hydrogen-bond donors (Lipinski definition) is 2. The summed E-state index contributed by atoms with van der Waals surface area (Å²) >= 11 is 0. The average Bonchev–Trinajstić information content (AvgIpc) is 3.31. The van der Waals surface area contributed by atoms with Crippen LogP contribution in [0.3, 0.4) is 0 Å². The molecule has 0 saturated heterocycles. The van der Waals surface area contributed by atoms with E-state index < -0.39 is 16.8 Å². The summed E-state index contributed by atoms with van der Waals surface area (Å²) in [5.74, 6) is 0.755. The fraction of sp³-hybridized carbons (Fsp3) is 0.526. The van der Waals surface area contributed by atoms with E-state index in [-0.39, 0.29) is 17.2 Å². The van der Waals surface area contributed by atoms with E-state index >= 15 is 0 Å². The van der Waals surface area contributed by atoms with Crippen molar-refractivity contribution in [2.24, 2.45) is 5.73 Å². The molecule has 3 heterocycles. The van der Waals surface area contributed by atoms with Gasteiger partial charge in [-0.25, -0.2) is 9.78 Å². The van der Waals surface area contributed by atoms with Gasteiger partial charge in [0, 0.05) is 12.2 Å². The van der Waals surface area contributed by atoms with Crippen molar-refractivity contribution in [2.45, 2.75) is 64.5 Å². The molecule has 0 amide bonds. The molecule has 28 heavy (non-hydrogen) atoms. The minimum Gasteiger partial charge on any atom is -0.334 e. The van der Waals surface area contributed by atoms with E-state index in [1.54, 1.807) is 6.07 Å². The van der Waals surface area contributed by atoms with Gasteiger partial charge in [0.05, 0.1) is 16.5 Å². The van der Waals surface area contributed by atoms with Crippen molar-refractivity contribution in [1.82, 2.24) is 24.7 Å². The number of aromatic amines is 1. The van der Waals surface area contributed by atoms with Gasteiger partial charge in [-0.3, -0.25) is 14.3 Å². The Balaban J connectivity index is 2.00. The number of nitrogens with zero attached hydrogens (tertiary/aromatic N) is 4. The summed E-state index contributed by atoms with van der Waals surface area (Å²) in [5, 5.41) is 4.37. The van der Waals surface area contributed by atoms with Crippen LogP contribution >= 0.6 is 0 Å². The fourth-order valence-electron chi connectivity index (χ4n) is 3.82. The first kappa shape index (κ1) is 18.5. The molecule has 0 aromatic carbocycles. The van der Waals surface area contributed by atoms with Crippen molar-refractivity contribution in [1.29, 1.82) is 0 Å². The lowest BCUT2D eigenvalue weighted by Gasteiger charge is -2.17. The number of nitrogens with one attached hydrogen (secondary N) is 1. The lowest BCUT2D eigenvalue weighted by atomic mass is 9.98. The van der Waals surface area contributed by atoms with Gasteiger partial charge in [0.15, 0.2) is 11.5 Å². The van der Waals surface area contributed by atoms with Gasteiger partial charge < -0.3 is 10.3 Å². The highest BCUT2D eigenvalue weighted by Gasteiger charge is 2.36. The van der Waals surface area contributed by atoms with Gasteiger partial charge in [0.1, 0.15) is 0 Å². The van der Waals surface area contributed by atoms with Crippen LogP contribution in [-0.4, -0.2) is 24.7 Å². The molecule has 3 N–H and O–H groups in total. The van der Waals surface area contributed by atoms with E-state index in [2.05, 4.69) is 20.1 Å². The van der Waals surface area contributed by atoms with E-state index in [1.165, 1.54) is 4.57 Å². The van der Waals surface area contributed by atoms with Crippen molar-refractivity contribution >= 4 is 11.0 Å². The van der Waals surface area contributed by atoms with Crippen LogP contribution in [0.4, 0.5) is 0 Å². The number of fused-ring (bicyclic) bond motifs is 1. The molecule has 1 aliphatic carbocycles. The Morgan fingerprint density at radius 1 is 1.29 bits per heavy atom. The van der Waals surface area contributed by atoms with Crippen LogP contribution < -0.4 is 17.0 Å². The quantitative estimate of drug-likeness (QED) is 0.703. The zero-order valence-corrected chi connectivity index (χ0v) is 16.3. The summed E-state index contributed by atoms with van der Waals surface area (Å²) in [4.78, 5) is 36.4. The maximum atomic E-state index is 12.6. The van der Waals surface area contributed by atoms with Crippen LogP contribution in [0.5, 0.6) is 0 Å². The molecule has 1 fully saturated rings. The van der Waals surface area contributed by atoms with Gasteiger partial charge in [0.25, 0.3) is 11.4 Å². The first-order valence-electron chi connectivity index (χ1n) is 9.65. The van der Waals surface area contributed by atoms with Crippen LogP contribution in [0.2, 0.25) is 0 Å². The monoisotopic (exact) mass is 384 g/mol. The molecule has 9 nitrogen and oxygen atoms in total. The maximum absolute atomic E-state index is 12.6. The van der Waals surface area contributed by atoms with Crippen molar-refractivity contribution in [2.75, 3.05) is 0 Å². The van der Waals surface area contributed by atoms with Crippen LogP contribution in [-0.2, 0) is 12.1 Å². The summed E-state index contributed by atoms with van der Waals surface area (Å²) in [7, 11) is 0. The van der Waals surface area contributed by atoms with Gasteiger partial charge in [-0.1, -0.05) is 31.8 Å². The molecule has 3 aromatic heterocycles. The standard InChI is InChI=1S/C19H24N6O3/c1-4-25-14-13(15(26)22-18(25)27)11(9-12(21-14)10(2)3)16-23-17(24-28-16)19(20)7-5-6-8-19/h9-10H,4-8,20H2,1-3H3,(H,22,26,27). The second-order valence-corrected chi connectivity index (χ2v) is 7.74. The Morgan fingerprint density at radius 3 is 2.64 bits per heavy atom. The zero-order valence-electron chi connectivity index (χ0n) is 16.3. The second kappa shape index (κ2) is 6.66. The first-order valence-corrected chi connectivity index (χ1v) is 9.65. The molecule has 4 rings (SSSR count). The average molecular weight is 384 g/mol. The summed E-state index contributed by atoms with van der Waals surface area (Å²) in [6, 6.07) is 1.78. The Bertz CT molecular complexity index is 1150. The molecule has 0 aliphatic heterocycles. The third-order valence-corrected chi connectivity index (χ3v) is 5.47. The predicted molar refractivity (Wildman–Crippen MR) is 104 cm³/mol. The number of hydrogen-bond acceptors (Lipinski definition) is 7. The van der Waals surface area contributed by atoms with Gasteiger partial charge in [-0.05, 0) is 31.7 Å². The van der Waals surface area contributed by atoms with Gasteiger partial charge in [-0.2, -0.15) is 4.98 Å². The van der Waals surface area contributed by atoms with Crippen LogP contribution in [0.1, 0.15) is 63.9 Å². The predicted octanol–water partition coefficient (Wildman–Crippen LogP) is 2.01. The zero-order chi connectivity index (χ0) is 20.1. The smallest absolute Gasteiger partial charge is 0.329 e. The number of aryl methyl sites for hydroxylation is 1. The largest absolute Gasteiger partial charge is 0.334 e. The van der Waals surface area contributed by atoms with Crippen molar-refractivity contribution < 1.29 is 4.52 Å². The Hall–Kier alpha value is -2.81. The molecular weight excluding hydrogens is 360 g/mol. The first-order chi connectivity index (χ1) is 13.3. The third-order valence-electron chi connectivity index (χ3n) is 5.47. The van der Waals surface area contributed by atoms with Gasteiger partial charge in [0.2, 0.25) is 0 Å². The third kappa shape index (κ3) is 2.86. The number of H-pyrrole nitrogens is 1. The maximum Gasteiger partial charge on any atom is 0.329 e. The van der Waals surface area contributed by atoms with Crippen LogP contribution in [0.15, 0.2) is 20.2 Å². The Morgan fingerprint density at radius 2 is 2.00 bits per heavy atom. The molecule has 0 unspecified atom stereocenters. The molecular formula is C19H24N6O3. The highest BCUT2D eigenvalue weighted by atomic mass is 16.5. The van der Waals surface area contributed by atoms with Crippen molar-refractivity contribution in [3.63, 3.8) is 0 Å². The fourth-order valence-corrected chi connectivity index (χ4v) is 3.82. The SMILES string of the molecule is CCn1c(=O)[nH]c(=O)c2c(-c3nc(C4(N)CCCC4)no3)cc(C(C)C)nc21. The van der Waals surface area contributed by atoms with Crippen LogP contribution in [0.25, 0.3) is 22.5 Å². The Labute approximate surface area is 161 Å². The molecule has 0 radical (unpaired) electrons. The Kier molecular flexibility index (Phi) is 4.41. The minimum atomic E-state index is -0.594. The van der Waals surface area contributed by atoms with E-state index in [0.29, 0.717) is 23.6 Å². The molecule has 1 aliphatic rings. The minimum absolute atomic E-state index is 0.0842. The summed E-state index contributed by atoms with van der Waals surface area (Å²) in [5.41, 5.74) is 6.37. The molecule has 3 aromatic rings. The highest BCUT2D eigenvalue weighted by Crippen LogP contribution is 2.36. The number of pyridine rings is 1. The van der Waals surface area contributed by atoms with Crippen molar-refractivity contribution in [3.8, 4) is 11.5 Å². The molecule has 0 spiro atoms. The van der Waals surface area contributed by atoms with Gasteiger partial charge >= 0.3 is 5.69 Å². The van der Waals surface area contributed by atoms with Crippen LogP contribution in [0, 0.1) is 0 Å². The summed E-state index contributed by atoms with van der Waals surface area (Å²) in [6.07, 6.45) is 3.66. The van der Waals surface area contributed by atoms with E-state index in [0.717, 1.165) is 31.4 Å². The van der Waals surface area contributed by atoms with E-state index in [9.17, 15) is 9.59 Å². The number of aromatic nitrogens is 5.